The molecular weight excluding hydrogens is 544 g/mol. The standard InChI is InChI=1S/C29H32N6O7/c36-25-11-10-24(33-28(39)22-12-19-8-4-5-9-21(19)31-22)35(40)15-20(14-30-17-34(25)35)27(38)32-23-13-26(37)42-29(23)41-16-18-6-2-1-3-7-18/h1-9,12,20,23-24,29-31H,10-11,13-17H2,(H,32,38)(H,33,39). The lowest BCUT2D eigenvalue weighted by Gasteiger charge is -2.55. The van der Waals surface area contributed by atoms with Crippen molar-refractivity contribution in [3.05, 3.63) is 77.1 Å². The lowest BCUT2D eigenvalue weighted by molar-refractivity contribution is -1.01. The van der Waals surface area contributed by atoms with Gasteiger partial charge in [0.1, 0.15) is 30.9 Å². The van der Waals surface area contributed by atoms with E-state index >= 15 is 0 Å². The van der Waals surface area contributed by atoms with Crippen molar-refractivity contribution in [3.63, 3.8) is 0 Å². The number of H-pyrrole nitrogens is 1. The Labute approximate surface area is 241 Å². The molecule has 0 aliphatic carbocycles. The topological polar surface area (TPSA) is 165 Å². The van der Waals surface area contributed by atoms with Crippen LogP contribution in [0.5, 0.6) is 0 Å². The largest absolute Gasteiger partial charge is 0.604 e. The summed E-state index contributed by atoms with van der Waals surface area (Å²) in [4.78, 5) is 54.6. The number of aromatic nitrogens is 1. The van der Waals surface area contributed by atoms with E-state index in [2.05, 4.69) is 20.9 Å². The summed E-state index contributed by atoms with van der Waals surface area (Å²) in [6.07, 6.45) is -1.83. The fourth-order valence-electron chi connectivity index (χ4n) is 5.74. The van der Waals surface area contributed by atoms with Crippen LogP contribution in [0.1, 0.15) is 35.3 Å². The van der Waals surface area contributed by atoms with Crippen LogP contribution in [0.2, 0.25) is 0 Å². The van der Waals surface area contributed by atoms with E-state index in [9.17, 15) is 24.4 Å². The number of ether oxygens (including phenoxy) is 2. The second-order valence-electron chi connectivity index (χ2n) is 10.8. The minimum atomic E-state index is -1.20. The first-order valence-corrected chi connectivity index (χ1v) is 13.9. The van der Waals surface area contributed by atoms with Gasteiger partial charge in [0.15, 0.2) is 6.17 Å². The second kappa shape index (κ2) is 11.5. The van der Waals surface area contributed by atoms with E-state index in [0.29, 0.717) is 5.69 Å². The van der Waals surface area contributed by atoms with Gasteiger partial charge >= 0.3 is 5.97 Å². The molecule has 0 saturated carbocycles. The number of hydrogen-bond donors (Lipinski definition) is 4. The fraction of sp³-hybridized carbons (Fsp3) is 0.379. The molecule has 2 aromatic carbocycles. The van der Waals surface area contributed by atoms with Gasteiger partial charge in [0.2, 0.25) is 12.2 Å². The third kappa shape index (κ3) is 5.59. The van der Waals surface area contributed by atoms with Crippen LogP contribution in [0.25, 0.3) is 10.9 Å². The lowest BCUT2D eigenvalue weighted by Crippen LogP contribution is -2.72. The molecule has 0 radical (unpaired) electrons. The average Bonchev–Trinajstić information content (AvgIpc) is 3.52. The maximum absolute atomic E-state index is 14.4. The normalized spacial score (nSPS) is 27.7. The SMILES string of the molecule is O=C1CC(NC(=O)C2CNCN3C(=O)CCC(NC(=O)c4cc5ccccc5[nH]4)[N+]3([O-])C2)C(OCc2ccccc2)O1. The summed E-state index contributed by atoms with van der Waals surface area (Å²) < 4.78 is 9.88. The maximum Gasteiger partial charge on any atom is 0.310 e. The molecule has 220 valence electrons. The first-order valence-electron chi connectivity index (χ1n) is 13.9. The first kappa shape index (κ1) is 27.8. The number of aromatic amines is 1. The van der Waals surface area contributed by atoms with Gasteiger partial charge in [-0.05, 0) is 17.7 Å². The summed E-state index contributed by atoms with van der Waals surface area (Å²) in [5, 5.41) is 25.1. The van der Waals surface area contributed by atoms with Gasteiger partial charge in [-0.15, -0.1) is 0 Å². The number of hydroxylamine groups is 2. The molecule has 3 saturated heterocycles. The molecule has 4 N–H and O–H groups in total. The molecule has 6 rings (SSSR count). The summed E-state index contributed by atoms with van der Waals surface area (Å²) in [6.45, 7) is -0.0544. The van der Waals surface area contributed by atoms with Crippen LogP contribution >= 0.6 is 0 Å². The van der Waals surface area contributed by atoms with Crippen molar-refractivity contribution < 1.29 is 33.4 Å². The van der Waals surface area contributed by atoms with Crippen molar-refractivity contribution in [1.29, 1.82) is 0 Å². The number of nitrogens with one attached hydrogen (secondary N) is 4. The molecule has 0 spiro atoms. The average molecular weight is 577 g/mol. The van der Waals surface area contributed by atoms with E-state index in [-0.39, 0.29) is 51.5 Å². The van der Waals surface area contributed by atoms with Gasteiger partial charge in [-0.25, -0.2) is 4.76 Å². The van der Waals surface area contributed by atoms with E-state index < -0.39 is 47.0 Å². The zero-order valence-corrected chi connectivity index (χ0v) is 22.8. The quantitative estimate of drug-likeness (QED) is 0.185. The minimum absolute atomic E-state index is 0.0707. The van der Waals surface area contributed by atoms with E-state index in [1.165, 1.54) is 0 Å². The number of quaternary nitrogens is 1. The highest BCUT2D eigenvalue weighted by molar-refractivity contribution is 5.98. The molecule has 3 amide bonds. The Bertz CT molecular complexity index is 1460. The Morgan fingerprint density at radius 2 is 1.88 bits per heavy atom. The minimum Gasteiger partial charge on any atom is -0.604 e. The Balaban J connectivity index is 1.15. The molecule has 3 aliphatic rings. The Morgan fingerprint density at radius 3 is 2.69 bits per heavy atom. The molecule has 13 nitrogen and oxygen atoms in total. The molecule has 0 bridgehead atoms. The number of nitrogens with zero attached hydrogens (tertiary/aromatic N) is 2. The number of cyclic esters (lactones) is 1. The van der Waals surface area contributed by atoms with Gasteiger partial charge < -0.3 is 25.0 Å². The predicted octanol–water partition coefficient (Wildman–Crippen LogP) is 1.23. The number of para-hydroxylation sites is 1. The summed E-state index contributed by atoms with van der Waals surface area (Å²) in [7, 11) is 0. The highest BCUT2D eigenvalue weighted by atomic mass is 16.7. The Hall–Kier alpha value is -4.30. The zero-order valence-electron chi connectivity index (χ0n) is 22.8. The number of benzene rings is 2. The van der Waals surface area contributed by atoms with Gasteiger partial charge in [-0.2, -0.15) is 5.01 Å². The zero-order chi connectivity index (χ0) is 29.3. The van der Waals surface area contributed by atoms with Crippen molar-refractivity contribution in [1.82, 2.24) is 25.9 Å². The number of hydrogen-bond acceptors (Lipinski definition) is 8. The number of fused-ring (bicyclic) bond motifs is 2. The molecule has 4 heterocycles. The number of esters is 1. The van der Waals surface area contributed by atoms with E-state index in [1.54, 1.807) is 6.07 Å². The third-order valence-corrected chi connectivity index (χ3v) is 7.94. The van der Waals surface area contributed by atoms with Gasteiger partial charge in [0, 0.05) is 30.3 Å². The van der Waals surface area contributed by atoms with Crippen molar-refractivity contribution in [3.8, 4) is 0 Å². The summed E-state index contributed by atoms with van der Waals surface area (Å²) in [5.41, 5.74) is 1.96. The molecular formula is C29H32N6O7. The van der Waals surface area contributed by atoms with E-state index in [0.717, 1.165) is 21.5 Å². The van der Waals surface area contributed by atoms with Crippen molar-refractivity contribution in [2.24, 2.45) is 5.92 Å². The van der Waals surface area contributed by atoms with Crippen molar-refractivity contribution >= 4 is 34.6 Å². The molecule has 3 aromatic rings. The summed E-state index contributed by atoms with van der Waals surface area (Å²) >= 11 is 0. The summed E-state index contributed by atoms with van der Waals surface area (Å²) in [5.74, 6) is -2.68. The molecule has 42 heavy (non-hydrogen) atoms. The van der Waals surface area contributed by atoms with Crippen molar-refractivity contribution in [2.75, 3.05) is 19.8 Å². The highest BCUT2D eigenvalue weighted by Crippen LogP contribution is 2.30. The van der Waals surface area contributed by atoms with Crippen LogP contribution in [0.15, 0.2) is 60.7 Å². The van der Waals surface area contributed by atoms with Crippen LogP contribution in [0.4, 0.5) is 0 Å². The van der Waals surface area contributed by atoms with Gasteiger partial charge in [-0.3, -0.25) is 29.8 Å². The van der Waals surface area contributed by atoms with E-state index in [4.69, 9.17) is 9.47 Å². The van der Waals surface area contributed by atoms with E-state index in [1.807, 2.05) is 54.6 Å². The molecule has 3 aliphatic heterocycles. The van der Waals surface area contributed by atoms with Gasteiger partial charge in [-0.1, -0.05) is 48.5 Å². The van der Waals surface area contributed by atoms with Crippen LogP contribution in [-0.4, -0.2) is 76.7 Å². The maximum atomic E-state index is 14.4. The molecule has 5 atom stereocenters. The van der Waals surface area contributed by atoms with Gasteiger partial charge in [0.05, 0.1) is 13.0 Å². The van der Waals surface area contributed by atoms with Crippen LogP contribution in [0, 0.1) is 11.1 Å². The fourth-order valence-corrected chi connectivity index (χ4v) is 5.74. The van der Waals surface area contributed by atoms with Crippen LogP contribution in [-0.2, 0) is 30.5 Å². The Kier molecular flexibility index (Phi) is 7.64. The van der Waals surface area contributed by atoms with Crippen LogP contribution < -0.4 is 16.0 Å². The molecule has 5 unspecified atom stereocenters. The van der Waals surface area contributed by atoms with Crippen LogP contribution in [0.3, 0.4) is 0 Å². The molecule has 13 heteroatoms. The number of carbonyl (C=O) groups excluding carboxylic acids is 4. The second-order valence-corrected chi connectivity index (χ2v) is 10.8. The predicted molar refractivity (Wildman–Crippen MR) is 148 cm³/mol. The monoisotopic (exact) mass is 576 g/mol. The Morgan fingerprint density at radius 1 is 1.10 bits per heavy atom. The number of rotatable bonds is 7. The first-order chi connectivity index (χ1) is 20.3. The highest BCUT2D eigenvalue weighted by Gasteiger charge is 2.49. The lowest BCUT2D eigenvalue weighted by atomic mass is 10.1. The van der Waals surface area contributed by atoms with Gasteiger partial charge in [0.25, 0.3) is 11.8 Å². The smallest absolute Gasteiger partial charge is 0.310 e. The summed E-state index contributed by atoms with van der Waals surface area (Å²) in [6, 6.07) is 17.7. The number of carbonyl (C=O) groups is 4. The molecule has 3 fully saturated rings. The molecule has 1 aromatic heterocycles. The number of amides is 3. The van der Waals surface area contributed by atoms with Crippen molar-refractivity contribution in [2.45, 2.75) is 44.4 Å². The third-order valence-electron chi connectivity index (χ3n) is 7.94.